The number of rotatable bonds is 15. The second-order valence-corrected chi connectivity index (χ2v) is 5.63. The Balaban J connectivity index is 0.00000139. The van der Waals surface area contributed by atoms with Gasteiger partial charge in [0, 0.05) is 13.1 Å². The third kappa shape index (κ3) is 17.6. The molecular formula is C19H33N3O7. The van der Waals surface area contributed by atoms with Crippen LogP contribution in [0.15, 0.2) is 24.3 Å². The predicted octanol–water partition coefficient (Wildman–Crippen LogP) is -0.826. The molecule has 0 radical (unpaired) electrons. The summed E-state index contributed by atoms with van der Waals surface area (Å²) >= 11 is 0. The van der Waals surface area contributed by atoms with Crippen molar-refractivity contribution in [2.45, 2.75) is 13.0 Å². The van der Waals surface area contributed by atoms with Gasteiger partial charge in [0.2, 0.25) is 5.91 Å². The Bertz CT molecular complexity index is 558. The van der Waals surface area contributed by atoms with Crippen LogP contribution in [0.2, 0.25) is 0 Å². The second kappa shape index (κ2) is 19.1. The van der Waals surface area contributed by atoms with Crippen LogP contribution >= 0.6 is 0 Å². The number of benzene rings is 1. The molecule has 0 aromatic heterocycles. The lowest BCUT2D eigenvalue weighted by Gasteiger charge is -2.09. The highest BCUT2D eigenvalue weighted by atomic mass is 16.5. The van der Waals surface area contributed by atoms with Gasteiger partial charge in [0.05, 0.1) is 53.1 Å². The Morgan fingerprint density at radius 1 is 1.10 bits per heavy atom. The van der Waals surface area contributed by atoms with Gasteiger partial charge in [-0.25, -0.2) is 0 Å². The lowest BCUT2D eigenvalue weighted by Crippen LogP contribution is -2.23. The quantitative estimate of drug-likeness (QED) is 0.212. The summed E-state index contributed by atoms with van der Waals surface area (Å²) in [7, 11) is 1.36. The number of hydrogen-bond donors (Lipinski definition) is 4. The number of amides is 1. The van der Waals surface area contributed by atoms with Gasteiger partial charge in [-0.2, -0.15) is 0 Å². The molecule has 1 aromatic carbocycles. The highest BCUT2D eigenvalue weighted by Crippen LogP contribution is 2.14. The van der Waals surface area contributed by atoms with E-state index in [-0.39, 0.29) is 25.5 Å². The number of aliphatic hydroxyl groups excluding tert-OH is 1. The number of nitrogens with two attached hydrogens (primary N) is 2. The van der Waals surface area contributed by atoms with E-state index in [1.54, 1.807) is 0 Å². The highest BCUT2D eigenvalue weighted by molar-refractivity contribution is 5.75. The normalized spacial score (nSPS) is 10.0. The Morgan fingerprint density at radius 3 is 2.52 bits per heavy atom. The van der Waals surface area contributed by atoms with Crippen molar-refractivity contribution in [2.24, 2.45) is 11.5 Å². The molecule has 0 unspecified atom stereocenters. The van der Waals surface area contributed by atoms with Crippen LogP contribution < -0.4 is 21.5 Å². The number of methoxy groups -OCH3 is 1. The van der Waals surface area contributed by atoms with Gasteiger partial charge in [-0.1, -0.05) is 12.1 Å². The smallest absolute Gasteiger partial charge is 0.307 e. The van der Waals surface area contributed by atoms with Crippen LogP contribution in [0.25, 0.3) is 0 Å². The number of esters is 1. The largest absolute Gasteiger partial charge is 0.491 e. The molecule has 1 aromatic rings. The number of ether oxygens (including phenoxy) is 4. The maximum Gasteiger partial charge on any atom is 0.307 e. The lowest BCUT2D eigenvalue weighted by atomic mass is 10.2. The van der Waals surface area contributed by atoms with E-state index >= 15 is 0 Å². The van der Waals surface area contributed by atoms with E-state index in [1.165, 1.54) is 7.11 Å². The molecule has 0 fully saturated rings. The summed E-state index contributed by atoms with van der Waals surface area (Å²) in [4.78, 5) is 20.4. The zero-order chi connectivity index (χ0) is 21.7. The average molecular weight is 415 g/mol. The minimum atomic E-state index is -0.468. The monoisotopic (exact) mass is 415 g/mol. The number of carbonyl (C=O) groups is 2. The third-order valence-electron chi connectivity index (χ3n) is 3.25. The number of carbonyl (C=O) groups excluding carboxylic acids is 2. The van der Waals surface area contributed by atoms with E-state index in [4.69, 9.17) is 25.1 Å². The Kier molecular flexibility index (Phi) is 17.6. The van der Waals surface area contributed by atoms with Crippen LogP contribution in [0.4, 0.5) is 0 Å². The maximum absolute atomic E-state index is 11.0. The summed E-state index contributed by atoms with van der Waals surface area (Å²) in [5.41, 5.74) is 10.2. The van der Waals surface area contributed by atoms with Crippen molar-refractivity contribution in [3.05, 3.63) is 29.8 Å². The number of aliphatic hydroxyl groups is 1. The SMILES string of the molecule is COC(=O)CCOCc1cccc(OCCOCCNCCO)c1.NCC(N)=O. The number of primary amides is 1. The van der Waals surface area contributed by atoms with Gasteiger partial charge in [0.15, 0.2) is 0 Å². The van der Waals surface area contributed by atoms with E-state index in [9.17, 15) is 9.59 Å². The summed E-state index contributed by atoms with van der Waals surface area (Å²) in [5, 5.41) is 11.6. The fraction of sp³-hybridized carbons (Fsp3) is 0.579. The summed E-state index contributed by atoms with van der Waals surface area (Å²) in [6.07, 6.45) is 0.247. The van der Waals surface area contributed by atoms with Gasteiger partial charge < -0.3 is 40.8 Å². The maximum atomic E-state index is 11.0. The molecule has 29 heavy (non-hydrogen) atoms. The van der Waals surface area contributed by atoms with E-state index in [1.807, 2.05) is 24.3 Å². The minimum absolute atomic E-state index is 0.0556. The van der Waals surface area contributed by atoms with Gasteiger partial charge in [0.1, 0.15) is 12.4 Å². The van der Waals surface area contributed by atoms with Gasteiger partial charge in [-0.15, -0.1) is 0 Å². The van der Waals surface area contributed by atoms with Gasteiger partial charge in [0.25, 0.3) is 0 Å². The van der Waals surface area contributed by atoms with Crippen molar-refractivity contribution in [2.75, 3.05) is 59.8 Å². The fourth-order valence-electron chi connectivity index (χ4n) is 1.84. The van der Waals surface area contributed by atoms with Crippen LogP contribution in [0.5, 0.6) is 5.75 Å². The molecule has 166 valence electrons. The first-order valence-corrected chi connectivity index (χ1v) is 9.27. The molecule has 0 saturated carbocycles. The molecule has 1 rings (SSSR count). The molecule has 10 heteroatoms. The van der Waals surface area contributed by atoms with Gasteiger partial charge in [-0.05, 0) is 17.7 Å². The van der Waals surface area contributed by atoms with Crippen molar-refractivity contribution >= 4 is 11.9 Å². The molecular weight excluding hydrogens is 382 g/mol. The Labute approximate surface area is 171 Å². The second-order valence-electron chi connectivity index (χ2n) is 5.63. The summed E-state index contributed by atoms with van der Waals surface area (Å²) in [5.74, 6) is 0.00900. The van der Waals surface area contributed by atoms with Crippen molar-refractivity contribution in [3.63, 3.8) is 0 Å². The van der Waals surface area contributed by atoms with Gasteiger partial charge >= 0.3 is 5.97 Å². The molecule has 0 atom stereocenters. The Morgan fingerprint density at radius 2 is 1.86 bits per heavy atom. The zero-order valence-electron chi connectivity index (χ0n) is 16.9. The van der Waals surface area contributed by atoms with Crippen LogP contribution in [-0.4, -0.2) is 76.8 Å². The highest BCUT2D eigenvalue weighted by Gasteiger charge is 2.01. The van der Waals surface area contributed by atoms with E-state index in [2.05, 4.69) is 15.8 Å². The summed E-state index contributed by atoms with van der Waals surface area (Å²) < 4.78 is 21.0. The Hall–Kier alpha value is -2.24. The van der Waals surface area contributed by atoms with E-state index in [0.29, 0.717) is 46.1 Å². The molecule has 6 N–H and O–H groups in total. The zero-order valence-corrected chi connectivity index (χ0v) is 16.9. The van der Waals surface area contributed by atoms with Crippen molar-refractivity contribution in [1.82, 2.24) is 5.32 Å². The van der Waals surface area contributed by atoms with E-state index < -0.39 is 5.91 Å². The lowest BCUT2D eigenvalue weighted by molar-refractivity contribution is -0.141. The summed E-state index contributed by atoms with van der Waals surface area (Å²) in [6.45, 7) is 3.65. The molecule has 0 heterocycles. The van der Waals surface area contributed by atoms with Crippen molar-refractivity contribution in [1.29, 1.82) is 0 Å². The summed E-state index contributed by atoms with van der Waals surface area (Å²) in [6, 6.07) is 7.62. The standard InChI is InChI=1S/C17H27NO6.C2H6N2O/c1-21-17(20)5-9-23-14-15-3-2-4-16(13-15)24-12-11-22-10-7-18-6-8-19;3-1-2(4)5/h2-4,13,18-19H,5-12,14H2,1H3;1,3H2,(H2,4,5). The number of hydrogen-bond acceptors (Lipinski definition) is 9. The van der Waals surface area contributed by atoms with Crippen molar-refractivity contribution in [3.8, 4) is 5.75 Å². The van der Waals surface area contributed by atoms with Crippen molar-refractivity contribution < 1.29 is 33.6 Å². The molecule has 1 amide bonds. The predicted molar refractivity (Wildman–Crippen MR) is 107 cm³/mol. The number of nitrogens with one attached hydrogen (secondary N) is 1. The van der Waals surface area contributed by atoms with Crippen LogP contribution in [-0.2, 0) is 30.4 Å². The third-order valence-corrected chi connectivity index (χ3v) is 3.25. The van der Waals surface area contributed by atoms with E-state index in [0.717, 1.165) is 11.3 Å². The molecule has 10 nitrogen and oxygen atoms in total. The molecule has 0 spiro atoms. The first kappa shape index (κ1) is 26.8. The van der Waals surface area contributed by atoms with Crippen LogP contribution in [0.3, 0.4) is 0 Å². The van der Waals surface area contributed by atoms with Gasteiger partial charge in [-0.3, -0.25) is 9.59 Å². The fourth-order valence-corrected chi connectivity index (χ4v) is 1.84. The topological polar surface area (TPSA) is 155 Å². The molecule has 0 saturated heterocycles. The minimum Gasteiger partial charge on any atom is -0.491 e. The first-order chi connectivity index (χ1) is 14.0. The van der Waals surface area contributed by atoms with Crippen LogP contribution in [0, 0.1) is 0 Å². The van der Waals surface area contributed by atoms with Crippen LogP contribution in [0.1, 0.15) is 12.0 Å². The molecule has 0 bridgehead atoms. The first-order valence-electron chi connectivity index (χ1n) is 9.27. The molecule has 0 aliphatic carbocycles. The molecule has 0 aliphatic heterocycles. The molecule has 0 aliphatic rings. The average Bonchev–Trinajstić information content (AvgIpc) is 2.73.